The molecule has 0 atom stereocenters. The van der Waals surface area contributed by atoms with Gasteiger partial charge in [-0.2, -0.15) is 0 Å². The highest BCUT2D eigenvalue weighted by Gasteiger charge is 2.23. The molecule has 270 valence electrons. The monoisotopic (exact) mass is 696 g/mol. The molecular formula is C40H48N4O7. The van der Waals surface area contributed by atoms with Gasteiger partial charge in [-0.15, -0.1) is 0 Å². The van der Waals surface area contributed by atoms with E-state index < -0.39 is 11.7 Å². The molecule has 0 aliphatic carbocycles. The number of hydrogen-bond donors (Lipinski definition) is 4. The predicted octanol–water partition coefficient (Wildman–Crippen LogP) is 5.70. The molecule has 2 aromatic heterocycles. The average Bonchev–Trinajstić information content (AvgIpc) is 3.10. The minimum Gasteiger partial charge on any atom is -0.444 e. The summed E-state index contributed by atoms with van der Waals surface area (Å²) in [5.74, 6) is -0.678. The molecule has 0 unspecified atom stereocenters. The Balaban J connectivity index is 1.44. The van der Waals surface area contributed by atoms with Crippen LogP contribution in [0.1, 0.15) is 76.0 Å². The lowest BCUT2D eigenvalue weighted by atomic mass is 9.91. The molecule has 0 radical (unpaired) electrons. The van der Waals surface area contributed by atoms with Gasteiger partial charge in [0, 0.05) is 50.2 Å². The summed E-state index contributed by atoms with van der Waals surface area (Å²) in [4.78, 5) is 49.2. The van der Waals surface area contributed by atoms with Gasteiger partial charge >= 0.3 is 6.09 Å². The Labute approximate surface area is 299 Å². The number of ether oxygens (including phenoxy) is 1. The van der Waals surface area contributed by atoms with Gasteiger partial charge < -0.3 is 30.3 Å². The molecule has 4 N–H and O–H groups in total. The summed E-state index contributed by atoms with van der Waals surface area (Å²) in [6.45, 7) is 9.15. The zero-order valence-electron chi connectivity index (χ0n) is 30.0. The maximum absolute atomic E-state index is 13.4. The number of hydrogen-bond acceptors (Lipinski definition) is 9. The van der Waals surface area contributed by atoms with Gasteiger partial charge in [0.1, 0.15) is 17.0 Å². The van der Waals surface area contributed by atoms with Crippen LogP contribution in [0.4, 0.5) is 10.5 Å². The normalized spacial score (nSPS) is 11.4. The zero-order chi connectivity index (χ0) is 37.1. The van der Waals surface area contributed by atoms with Crippen LogP contribution in [-0.2, 0) is 24.1 Å². The SMILES string of the molecule is Cc1c(CC(=O)c2ccc(CN(CCO)C(=O)OC(C)(C)C)cn2)cccc1-c1cccc(NC(=O)c2ccc(CCC(CO)CO)cn2)c1C. The largest absolute Gasteiger partial charge is 0.444 e. The number of rotatable bonds is 15. The number of nitrogens with one attached hydrogen (secondary N) is 1. The van der Waals surface area contributed by atoms with E-state index in [2.05, 4.69) is 15.3 Å². The van der Waals surface area contributed by atoms with E-state index in [0.717, 1.165) is 33.4 Å². The van der Waals surface area contributed by atoms with Gasteiger partial charge in [0.25, 0.3) is 5.91 Å². The van der Waals surface area contributed by atoms with E-state index in [1.165, 1.54) is 4.90 Å². The van der Waals surface area contributed by atoms with E-state index in [1.807, 2.05) is 56.3 Å². The molecule has 11 nitrogen and oxygen atoms in total. The van der Waals surface area contributed by atoms with Gasteiger partial charge in [-0.3, -0.25) is 19.6 Å². The Hall–Kier alpha value is -4.97. The van der Waals surface area contributed by atoms with E-state index in [9.17, 15) is 29.7 Å². The minimum absolute atomic E-state index is 0.0789. The Bertz CT molecular complexity index is 1800. The second-order valence-electron chi connectivity index (χ2n) is 13.6. The summed E-state index contributed by atoms with van der Waals surface area (Å²) < 4.78 is 5.45. The molecule has 0 aliphatic rings. The van der Waals surface area contributed by atoms with Crippen molar-refractivity contribution in [3.63, 3.8) is 0 Å². The van der Waals surface area contributed by atoms with Crippen molar-refractivity contribution in [1.82, 2.24) is 14.9 Å². The standard InChI is InChI=1S/C40H48N4O7/c1-26-31(20-37(48)35-16-15-29(22-41-35)23-44(18-19-45)39(50)51-40(3,4)5)8-6-9-32(26)33-10-7-11-34(27(33)2)43-38(49)36-17-14-28(21-42-36)12-13-30(24-46)25-47/h6-11,14-17,21-22,30,45-47H,12-13,18-20,23-25H2,1-5H3,(H,43,49). The first-order valence-electron chi connectivity index (χ1n) is 17.1. The van der Waals surface area contributed by atoms with Crippen molar-refractivity contribution in [2.24, 2.45) is 5.92 Å². The third kappa shape index (κ3) is 10.8. The molecule has 0 saturated carbocycles. The Morgan fingerprint density at radius 2 is 1.45 bits per heavy atom. The molecule has 0 bridgehead atoms. The fraction of sp³-hybridized carbons (Fsp3) is 0.375. The van der Waals surface area contributed by atoms with E-state index in [-0.39, 0.29) is 62.6 Å². The van der Waals surface area contributed by atoms with Crippen molar-refractivity contribution in [2.45, 2.75) is 66.0 Å². The van der Waals surface area contributed by atoms with Crippen molar-refractivity contribution in [2.75, 3.05) is 31.7 Å². The van der Waals surface area contributed by atoms with Gasteiger partial charge in [-0.25, -0.2) is 4.79 Å². The van der Waals surface area contributed by atoms with E-state index in [1.54, 1.807) is 51.4 Å². The molecule has 2 heterocycles. The molecule has 0 aliphatic heterocycles. The molecule has 4 aromatic rings. The van der Waals surface area contributed by atoms with Crippen LogP contribution in [-0.4, -0.2) is 79.9 Å². The number of Topliss-reactive ketones (excluding diaryl/α,β-unsaturated/α-hetero) is 1. The molecule has 2 amide bonds. The van der Waals surface area contributed by atoms with Crippen LogP contribution >= 0.6 is 0 Å². The fourth-order valence-corrected chi connectivity index (χ4v) is 5.58. The number of anilines is 1. The van der Waals surface area contributed by atoms with Crippen LogP contribution in [0.15, 0.2) is 73.1 Å². The number of aliphatic hydroxyl groups is 3. The van der Waals surface area contributed by atoms with Crippen molar-refractivity contribution in [1.29, 1.82) is 0 Å². The first-order valence-corrected chi connectivity index (χ1v) is 17.1. The van der Waals surface area contributed by atoms with Gasteiger partial charge in [0.2, 0.25) is 0 Å². The second-order valence-corrected chi connectivity index (χ2v) is 13.6. The maximum Gasteiger partial charge on any atom is 0.410 e. The fourth-order valence-electron chi connectivity index (χ4n) is 5.58. The zero-order valence-corrected chi connectivity index (χ0v) is 30.0. The van der Waals surface area contributed by atoms with Crippen molar-refractivity contribution < 1.29 is 34.4 Å². The highest BCUT2D eigenvalue weighted by atomic mass is 16.6. The third-order valence-corrected chi connectivity index (χ3v) is 8.59. The van der Waals surface area contributed by atoms with Crippen LogP contribution in [0.3, 0.4) is 0 Å². The maximum atomic E-state index is 13.4. The number of carbonyl (C=O) groups excluding carboxylic acids is 3. The number of aryl methyl sites for hydroxylation is 1. The summed E-state index contributed by atoms with van der Waals surface area (Å²) in [6.07, 6.45) is 4.06. The predicted molar refractivity (Wildman–Crippen MR) is 196 cm³/mol. The van der Waals surface area contributed by atoms with Crippen LogP contribution in [0.2, 0.25) is 0 Å². The number of aromatic nitrogens is 2. The van der Waals surface area contributed by atoms with Crippen LogP contribution in [0.5, 0.6) is 0 Å². The highest BCUT2D eigenvalue weighted by Crippen LogP contribution is 2.33. The first kappa shape index (κ1) is 38.8. The Morgan fingerprint density at radius 3 is 2.06 bits per heavy atom. The summed E-state index contributed by atoms with van der Waals surface area (Å²) in [5.41, 5.74) is 6.68. The van der Waals surface area contributed by atoms with Gasteiger partial charge in [0.05, 0.1) is 13.2 Å². The lowest BCUT2D eigenvalue weighted by molar-refractivity contribution is 0.0201. The number of aliphatic hydroxyl groups excluding tert-OH is 3. The molecule has 11 heteroatoms. The molecule has 0 fully saturated rings. The minimum atomic E-state index is -0.674. The quantitative estimate of drug-likeness (QED) is 0.114. The Kier molecular flexibility index (Phi) is 13.6. The first-order chi connectivity index (χ1) is 24.3. The molecule has 2 aromatic carbocycles. The number of benzene rings is 2. The number of pyridine rings is 2. The van der Waals surface area contributed by atoms with Crippen molar-refractivity contribution in [3.05, 3.63) is 112 Å². The second kappa shape index (κ2) is 17.8. The highest BCUT2D eigenvalue weighted by molar-refractivity contribution is 6.04. The van der Waals surface area contributed by atoms with E-state index in [0.29, 0.717) is 29.8 Å². The van der Waals surface area contributed by atoms with Crippen LogP contribution in [0.25, 0.3) is 11.1 Å². The van der Waals surface area contributed by atoms with Gasteiger partial charge in [-0.05, 0) is 105 Å². The van der Waals surface area contributed by atoms with Crippen LogP contribution < -0.4 is 5.32 Å². The lowest BCUT2D eigenvalue weighted by Crippen LogP contribution is -2.38. The summed E-state index contributed by atoms with van der Waals surface area (Å²) in [7, 11) is 0. The Morgan fingerprint density at radius 1 is 0.824 bits per heavy atom. The molecule has 0 spiro atoms. The third-order valence-electron chi connectivity index (χ3n) is 8.59. The summed E-state index contributed by atoms with van der Waals surface area (Å²) >= 11 is 0. The molecular weight excluding hydrogens is 648 g/mol. The van der Waals surface area contributed by atoms with E-state index >= 15 is 0 Å². The van der Waals surface area contributed by atoms with Crippen molar-refractivity contribution in [3.8, 4) is 11.1 Å². The van der Waals surface area contributed by atoms with Gasteiger partial charge in [0.15, 0.2) is 5.78 Å². The molecule has 51 heavy (non-hydrogen) atoms. The van der Waals surface area contributed by atoms with Crippen LogP contribution in [0, 0.1) is 19.8 Å². The van der Waals surface area contributed by atoms with E-state index in [4.69, 9.17) is 4.74 Å². The molecule has 4 rings (SSSR count). The number of amides is 2. The summed E-state index contributed by atoms with van der Waals surface area (Å²) in [5, 5.41) is 31.0. The lowest BCUT2D eigenvalue weighted by Gasteiger charge is -2.27. The average molecular weight is 697 g/mol. The number of carbonyl (C=O) groups is 3. The summed E-state index contributed by atoms with van der Waals surface area (Å²) in [6, 6.07) is 18.4. The molecule has 0 saturated heterocycles. The number of nitrogens with zero attached hydrogens (tertiary/aromatic N) is 3. The smallest absolute Gasteiger partial charge is 0.410 e. The van der Waals surface area contributed by atoms with Crippen molar-refractivity contribution >= 4 is 23.5 Å². The van der Waals surface area contributed by atoms with Gasteiger partial charge in [-0.1, -0.05) is 42.5 Å². The number of ketones is 1. The topological polar surface area (TPSA) is 162 Å².